The summed E-state index contributed by atoms with van der Waals surface area (Å²) in [4.78, 5) is 16.1. The zero-order chi connectivity index (χ0) is 20.1. The molecule has 0 saturated carbocycles. The quantitative estimate of drug-likeness (QED) is 0.415. The van der Waals surface area contributed by atoms with E-state index < -0.39 is 5.92 Å². The minimum absolute atomic E-state index is 0.234. The number of fused-ring (bicyclic) bond motifs is 1. The molecule has 1 atom stereocenters. The standard InChI is InChI=1S/C25H24N2O2/c1-2-29-25(28)24(22-17-27-23-11-7-6-10-21(22)23)19-12-14-20(15-13-19)26-16-18-8-4-3-5-9-18/h3-15,17,24,26-27H,2,16H2,1H3. The molecular weight excluding hydrogens is 360 g/mol. The minimum Gasteiger partial charge on any atom is -0.465 e. The number of esters is 1. The van der Waals surface area contributed by atoms with E-state index in [0.717, 1.165) is 34.3 Å². The van der Waals surface area contributed by atoms with E-state index in [-0.39, 0.29) is 5.97 Å². The van der Waals surface area contributed by atoms with E-state index in [1.165, 1.54) is 5.56 Å². The molecule has 4 heteroatoms. The van der Waals surface area contributed by atoms with Gasteiger partial charge in [-0.2, -0.15) is 0 Å². The summed E-state index contributed by atoms with van der Waals surface area (Å²) >= 11 is 0. The maximum absolute atomic E-state index is 12.8. The van der Waals surface area contributed by atoms with Crippen molar-refractivity contribution < 1.29 is 9.53 Å². The number of carbonyl (C=O) groups excluding carboxylic acids is 1. The molecule has 3 aromatic carbocycles. The Bertz CT molecular complexity index is 1080. The number of carbonyl (C=O) groups is 1. The summed E-state index contributed by atoms with van der Waals surface area (Å²) in [6, 6.07) is 26.3. The van der Waals surface area contributed by atoms with Crippen LogP contribution in [0.4, 0.5) is 5.69 Å². The summed E-state index contributed by atoms with van der Waals surface area (Å²) in [6.07, 6.45) is 1.91. The molecule has 0 aliphatic carbocycles. The molecule has 4 rings (SSSR count). The zero-order valence-corrected chi connectivity index (χ0v) is 16.4. The number of rotatable bonds is 7. The Morgan fingerprint density at radius 2 is 1.69 bits per heavy atom. The molecule has 2 N–H and O–H groups in total. The van der Waals surface area contributed by atoms with E-state index in [2.05, 4.69) is 22.4 Å². The Morgan fingerprint density at radius 3 is 2.45 bits per heavy atom. The van der Waals surface area contributed by atoms with Crippen molar-refractivity contribution in [3.05, 3.63) is 102 Å². The molecule has 0 saturated heterocycles. The van der Waals surface area contributed by atoms with Gasteiger partial charge < -0.3 is 15.0 Å². The van der Waals surface area contributed by atoms with Gasteiger partial charge in [0.1, 0.15) is 5.92 Å². The number of hydrogen-bond acceptors (Lipinski definition) is 3. The Morgan fingerprint density at radius 1 is 0.966 bits per heavy atom. The Kier molecular flexibility index (Phi) is 5.61. The van der Waals surface area contributed by atoms with Gasteiger partial charge in [-0.25, -0.2) is 0 Å². The van der Waals surface area contributed by atoms with Gasteiger partial charge in [-0.05, 0) is 41.8 Å². The van der Waals surface area contributed by atoms with Gasteiger partial charge in [0, 0.05) is 29.3 Å². The second kappa shape index (κ2) is 8.65. The Hall–Kier alpha value is -3.53. The topological polar surface area (TPSA) is 54.1 Å². The van der Waals surface area contributed by atoms with Gasteiger partial charge in [0.05, 0.1) is 6.61 Å². The maximum atomic E-state index is 12.8. The van der Waals surface area contributed by atoms with Crippen LogP contribution >= 0.6 is 0 Å². The van der Waals surface area contributed by atoms with E-state index in [1.54, 1.807) is 0 Å². The van der Waals surface area contributed by atoms with Gasteiger partial charge >= 0.3 is 5.97 Å². The number of aromatic nitrogens is 1. The number of ether oxygens (including phenoxy) is 1. The highest BCUT2D eigenvalue weighted by atomic mass is 16.5. The third-order valence-electron chi connectivity index (χ3n) is 5.04. The van der Waals surface area contributed by atoms with Crippen LogP contribution in [0.5, 0.6) is 0 Å². The first kappa shape index (κ1) is 18.8. The molecule has 0 radical (unpaired) electrons. The van der Waals surface area contributed by atoms with Crippen molar-refractivity contribution in [1.29, 1.82) is 0 Å². The monoisotopic (exact) mass is 384 g/mol. The molecule has 1 unspecified atom stereocenters. The lowest BCUT2D eigenvalue weighted by molar-refractivity contribution is -0.143. The van der Waals surface area contributed by atoms with E-state index in [1.807, 2.05) is 79.9 Å². The van der Waals surface area contributed by atoms with Crippen LogP contribution in [0, 0.1) is 0 Å². The molecule has 0 bridgehead atoms. The Labute approximate surface area is 170 Å². The van der Waals surface area contributed by atoms with Crippen molar-refractivity contribution in [2.24, 2.45) is 0 Å². The number of benzene rings is 3. The number of hydrogen-bond donors (Lipinski definition) is 2. The lowest BCUT2D eigenvalue weighted by atomic mass is 9.91. The van der Waals surface area contributed by atoms with Crippen molar-refractivity contribution in [2.75, 3.05) is 11.9 Å². The first-order valence-corrected chi connectivity index (χ1v) is 9.86. The van der Waals surface area contributed by atoms with E-state index in [9.17, 15) is 4.79 Å². The van der Waals surface area contributed by atoms with E-state index in [0.29, 0.717) is 6.61 Å². The molecule has 0 aliphatic heterocycles. The van der Waals surface area contributed by atoms with Crippen LogP contribution in [0.3, 0.4) is 0 Å². The summed E-state index contributed by atoms with van der Waals surface area (Å²) in [5.74, 6) is -0.698. The first-order valence-electron chi connectivity index (χ1n) is 9.86. The average molecular weight is 384 g/mol. The summed E-state index contributed by atoms with van der Waals surface area (Å²) in [6.45, 7) is 2.94. The molecule has 1 heterocycles. The van der Waals surface area contributed by atoms with Gasteiger partial charge in [-0.1, -0.05) is 60.7 Å². The number of aromatic amines is 1. The fourth-order valence-electron chi connectivity index (χ4n) is 3.59. The van der Waals surface area contributed by atoms with Crippen LogP contribution in [0.1, 0.15) is 29.5 Å². The molecule has 29 heavy (non-hydrogen) atoms. The maximum Gasteiger partial charge on any atom is 0.317 e. The van der Waals surface area contributed by atoms with E-state index >= 15 is 0 Å². The summed E-state index contributed by atoms with van der Waals surface area (Å²) in [7, 11) is 0. The van der Waals surface area contributed by atoms with Crippen LogP contribution in [0.25, 0.3) is 10.9 Å². The number of H-pyrrole nitrogens is 1. The molecule has 1 aromatic heterocycles. The highest BCUT2D eigenvalue weighted by Crippen LogP contribution is 2.32. The lowest BCUT2D eigenvalue weighted by Gasteiger charge is -2.16. The number of para-hydroxylation sites is 1. The molecule has 0 fully saturated rings. The van der Waals surface area contributed by atoms with Crippen LogP contribution in [-0.2, 0) is 16.1 Å². The number of anilines is 1. The minimum atomic E-state index is -0.464. The molecule has 4 aromatic rings. The molecule has 4 nitrogen and oxygen atoms in total. The fourth-order valence-corrected chi connectivity index (χ4v) is 3.59. The van der Waals surface area contributed by atoms with Gasteiger partial charge in [0.25, 0.3) is 0 Å². The summed E-state index contributed by atoms with van der Waals surface area (Å²) in [5, 5.41) is 4.46. The van der Waals surface area contributed by atoms with Crippen LogP contribution in [0.2, 0.25) is 0 Å². The van der Waals surface area contributed by atoms with Crippen LogP contribution in [-0.4, -0.2) is 17.6 Å². The second-order valence-corrected chi connectivity index (χ2v) is 6.94. The first-order chi connectivity index (χ1) is 14.3. The third kappa shape index (κ3) is 4.16. The number of nitrogens with one attached hydrogen (secondary N) is 2. The molecule has 0 amide bonds. The SMILES string of the molecule is CCOC(=O)C(c1ccc(NCc2ccccc2)cc1)c1c[nH]c2ccccc12. The normalized spacial score (nSPS) is 11.9. The van der Waals surface area contributed by atoms with Crippen LogP contribution in [0.15, 0.2) is 85.1 Å². The lowest BCUT2D eigenvalue weighted by Crippen LogP contribution is -2.17. The zero-order valence-electron chi connectivity index (χ0n) is 16.4. The molecule has 0 aliphatic rings. The summed E-state index contributed by atoms with van der Waals surface area (Å²) < 4.78 is 5.40. The highest BCUT2D eigenvalue weighted by molar-refractivity contribution is 5.92. The van der Waals surface area contributed by atoms with Crippen molar-refractivity contribution in [3.8, 4) is 0 Å². The van der Waals surface area contributed by atoms with Gasteiger partial charge in [-0.3, -0.25) is 4.79 Å². The predicted octanol–water partition coefficient (Wildman–Crippen LogP) is 5.48. The van der Waals surface area contributed by atoms with Crippen molar-refractivity contribution >= 4 is 22.6 Å². The van der Waals surface area contributed by atoms with Crippen molar-refractivity contribution in [3.63, 3.8) is 0 Å². The van der Waals surface area contributed by atoms with E-state index in [4.69, 9.17) is 4.74 Å². The van der Waals surface area contributed by atoms with Gasteiger partial charge in [-0.15, -0.1) is 0 Å². The van der Waals surface area contributed by atoms with Crippen LogP contribution < -0.4 is 5.32 Å². The van der Waals surface area contributed by atoms with Gasteiger partial charge in [0.15, 0.2) is 0 Å². The molecular formula is C25H24N2O2. The van der Waals surface area contributed by atoms with Crippen molar-refractivity contribution in [1.82, 2.24) is 4.98 Å². The second-order valence-electron chi connectivity index (χ2n) is 6.94. The average Bonchev–Trinajstić information content (AvgIpc) is 3.18. The molecule has 146 valence electrons. The largest absolute Gasteiger partial charge is 0.465 e. The third-order valence-corrected chi connectivity index (χ3v) is 5.04. The smallest absolute Gasteiger partial charge is 0.317 e. The fraction of sp³-hybridized carbons (Fsp3) is 0.160. The molecule has 0 spiro atoms. The summed E-state index contributed by atoms with van der Waals surface area (Å²) in [5.41, 5.74) is 5.10. The van der Waals surface area contributed by atoms with Gasteiger partial charge in [0.2, 0.25) is 0 Å². The highest BCUT2D eigenvalue weighted by Gasteiger charge is 2.26. The Balaban J connectivity index is 1.60. The van der Waals surface area contributed by atoms with Crippen molar-refractivity contribution in [2.45, 2.75) is 19.4 Å². The predicted molar refractivity (Wildman–Crippen MR) is 117 cm³/mol.